The lowest BCUT2D eigenvalue weighted by Crippen LogP contribution is -2.21. The molecule has 1 heterocycles. The summed E-state index contributed by atoms with van der Waals surface area (Å²) in [4.78, 5) is 25.9. The number of benzene rings is 2. The first kappa shape index (κ1) is 20.5. The Bertz CT molecular complexity index is 1020. The maximum atomic E-state index is 13.0. The van der Waals surface area contributed by atoms with Crippen LogP contribution in [0.4, 0.5) is 14.9 Å². The van der Waals surface area contributed by atoms with Gasteiger partial charge in [0, 0.05) is 18.0 Å². The normalized spacial score (nSPS) is 10.9. The molecule has 3 aromatic rings. The number of nitrogens with two attached hydrogens (primary N) is 2. The molecule has 0 aliphatic heterocycles. The van der Waals surface area contributed by atoms with E-state index >= 15 is 0 Å². The summed E-state index contributed by atoms with van der Waals surface area (Å²) in [7, 11) is 2.00. The quantitative estimate of drug-likeness (QED) is 0.550. The van der Waals surface area contributed by atoms with Gasteiger partial charge in [0.25, 0.3) is 5.91 Å². The van der Waals surface area contributed by atoms with E-state index in [1.165, 1.54) is 23.5 Å². The minimum atomic E-state index is -0.753. The maximum Gasteiger partial charge on any atom is 0.316 e. The van der Waals surface area contributed by atoms with Crippen LogP contribution in [0.3, 0.4) is 0 Å². The van der Waals surface area contributed by atoms with Gasteiger partial charge in [-0.2, -0.15) is 0 Å². The number of rotatable bonds is 7. The van der Waals surface area contributed by atoms with E-state index in [0.717, 1.165) is 28.1 Å². The highest BCUT2D eigenvalue weighted by molar-refractivity contribution is 7.18. The Morgan fingerprint density at radius 3 is 2.07 bits per heavy atom. The molecule has 150 valence electrons. The van der Waals surface area contributed by atoms with Crippen molar-refractivity contribution >= 4 is 29.0 Å². The Kier molecular flexibility index (Phi) is 6.26. The highest BCUT2D eigenvalue weighted by atomic mass is 32.1. The van der Waals surface area contributed by atoms with Gasteiger partial charge < -0.3 is 16.8 Å². The van der Waals surface area contributed by atoms with Gasteiger partial charge in [-0.1, -0.05) is 36.4 Å². The molecule has 0 radical (unpaired) electrons. The molecule has 1 aromatic heterocycles. The van der Waals surface area contributed by atoms with Gasteiger partial charge in [0.2, 0.25) is 0 Å². The number of hydrogen-bond donors (Lipinski definition) is 3. The lowest BCUT2D eigenvalue weighted by atomic mass is 10.1. The number of hydrogen-bond acceptors (Lipinski definition) is 4. The van der Waals surface area contributed by atoms with Gasteiger partial charge in [-0.3, -0.25) is 9.69 Å². The second-order valence-electron chi connectivity index (χ2n) is 6.70. The third kappa shape index (κ3) is 5.40. The Morgan fingerprint density at radius 1 is 1.00 bits per heavy atom. The molecular weight excluding hydrogens is 391 g/mol. The van der Waals surface area contributed by atoms with Crippen LogP contribution in [0.5, 0.6) is 0 Å². The van der Waals surface area contributed by atoms with E-state index in [-0.39, 0.29) is 10.7 Å². The zero-order valence-electron chi connectivity index (χ0n) is 15.8. The standard InChI is InChI=1S/C21H21FN4O2S/c1-26(12-14-4-8-16(22)9-5-14)11-13-2-6-15(7-3-13)18-10-17(25-21(24)28)19(29-18)20(23)27/h2-10H,11-12H2,1H3,(H2,23,27)(H3,24,25,28). The molecule has 0 spiro atoms. The molecule has 29 heavy (non-hydrogen) atoms. The number of halogens is 1. The Morgan fingerprint density at radius 2 is 1.55 bits per heavy atom. The molecule has 0 atom stereocenters. The van der Waals surface area contributed by atoms with Crippen molar-refractivity contribution in [1.29, 1.82) is 0 Å². The zero-order chi connectivity index (χ0) is 21.0. The van der Waals surface area contributed by atoms with Crippen molar-refractivity contribution in [2.24, 2.45) is 11.5 Å². The summed E-state index contributed by atoms with van der Waals surface area (Å²) in [6, 6.07) is 15.3. The largest absolute Gasteiger partial charge is 0.365 e. The predicted molar refractivity (Wildman–Crippen MR) is 113 cm³/mol. The monoisotopic (exact) mass is 412 g/mol. The fraction of sp³-hybridized carbons (Fsp3) is 0.143. The van der Waals surface area contributed by atoms with E-state index in [1.54, 1.807) is 18.2 Å². The average Bonchev–Trinajstić information content (AvgIpc) is 3.07. The van der Waals surface area contributed by atoms with Crippen LogP contribution in [0, 0.1) is 5.82 Å². The fourth-order valence-corrected chi connectivity index (χ4v) is 3.96. The average molecular weight is 412 g/mol. The van der Waals surface area contributed by atoms with Crippen molar-refractivity contribution in [3.05, 3.63) is 76.4 Å². The molecule has 0 bridgehead atoms. The number of thiophene rings is 1. The van der Waals surface area contributed by atoms with Crippen molar-refractivity contribution in [3.63, 3.8) is 0 Å². The number of primary amides is 2. The van der Waals surface area contributed by atoms with E-state index in [9.17, 15) is 14.0 Å². The Hall–Kier alpha value is -3.23. The lowest BCUT2D eigenvalue weighted by molar-refractivity contribution is 0.100. The predicted octanol–water partition coefficient (Wildman–Crippen LogP) is 3.78. The number of nitrogens with one attached hydrogen (secondary N) is 1. The van der Waals surface area contributed by atoms with E-state index in [2.05, 4.69) is 10.2 Å². The van der Waals surface area contributed by atoms with Crippen LogP contribution >= 0.6 is 11.3 Å². The first-order chi connectivity index (χ1) is 13.8. The number of nitrogens with zero attached hydrogens (tertiary/aromatic N) is 1. The minimum Gasteiger partial charge on any atom is -0.365 e. The Balaban J connectivity index is 1.70. The van der Waals surface area contributed by atoms with Crippen LogP contribution in [0.2, 0.25) is 0 Å². The van der Waals surface area contributed by atoms with Gasteiger partial charge in [-0.25, -0.2) is 9.18 Å². The first-order valence-electron chi connectivity index (χ1n) is 8.84. The van der Waals surface area contributed by atoms with Crippen LogP contribution in [0.25, 0.3) is 10.4 Å². The Labute approximate surface area is 171 Å². The molecule has 0 unspecified atom stereocenters. The molecule has 0 aliphatic rings. The summed E-state index contributed by atoms with van der Waals surface area (Å²) < 4.78 is 13.0. The molecular formula is C21H21FN4O2S. The summed E-state index contributed by atoms with van der Waals surface area (Å²) in [5.74, 6) is -0.863. The van der Waals surface area contributed by atoms with Crippen LogP contribution in [-0.2, 0) is 13.1 Å². The summed E-state index contributed by atoms with van der Waals surface area (Å²) in [6.07, 6.45) is 0. The number of carbonyl (C=O) groups is 2. The van der Waals surface area contributed by atoms with E-state index in [0.29, 0.717) is 12.2 Å². The molecule has 8 heteroatoms. The summed E-state index contributed by atoms with van der Waals surface area (Å²) in [5, 5.41) is 2.43. The van der Waals surface area contributed by atoms with Gasteiger partial charge in [0.05, 0.1) is 5.69 Å². The highest BCUT2D eigenvalue weighted by Crippen LogP contribution is 2.34. The number of anilines is 1. The van der Waals surface area contributed by atoms with Crippen molar-refractivity contribution in [1.82, 2.24) is 4.90 Å². The van der Waals surface area contributed by atoms with Crippen molar-refractivity contribution in [2.45, 2.75) is 13.1 Å². The second-order valence-corrected chi connectivity index (χ2v) is 7.75. The third-order valence-electron chi connectivity index (χ3n) is 4.27. The lowest BCUT2D eigenvalue weighted by Gasteiger charge is -2.17. The van der Waals surface area contributed by atoms with Crippen molar-refractivity contribution < 1.29 is 14.0 Å². The zero-order valence-corrected chi connectivity index (χ0v) is 16.6. The SMILES string of the molecule is CN(Cc1ccc(F)cc1)Cc1ccc(-c2cc(NC(N)=O)c(C(N)=O)s2)cc1. The summed E-state index contributed by atoms with van der Waals surface area (Å²) in [6.45, 7) is 1.43. The van der Waals surface area contributed by atoms with Gasteiger partial charge in [0.15, 0.2) is 0 Å². The molecule has 0 saturated carbocycles. The molecule has 0 saturated heterocycles. The molecule has 2 aromatic carbocycles. The van der Waals surface area contributed by atoms with E-state index < -0.39 is 11.9 Å². The summed E-state index contributed by atoms with van der Waals surface area (Å²) >= 11 is 1.20. The fourth-order valence-electron chi connectivity index (χ4n) is 2.99. The van der Waals surface area contributed by atoms with Crippen LogP contribution < -0.4 is 16.8 Å². The van der Waals surface area contributed by atoms with Crippen molar-refractivity contribution in [3.8, 4) is 10.4 Å². The van der Waals surface area contributed by atoms with Gasteiger partial charge in [0.1, 0.15) is 10.7 Å². The molecule has 6 nitrogen and oxygen atoms in total. The number of urea groups is 1. The maximum absolute atomic E-state index is 13.0. The molecule has 5 N–H and O–H groups in total. The smallest absolute Gasteiger partial charge is 0.316 e. The van der Waals surface area contributed by atoms with Crippen LogP contribution in [0.15, 0.2) is 54.6 Å². The minimum absolute atomic E-state index is 0.241. The number of amides is 3. The van der Waals surface area contributed by atoms with Crippen LogP contribution in [0.1, 0.15) is 20.8 Å². The molecule has 3 amide bonds. The second kappa shape index (κ2) is 8.85. The van der Waals surface area contributed by atoms with E-state index in [1.807, 2.05) is 31.3 Å². The highest BCUT2D eigenvalue weighted by Gasteiger charge is 2.16. The third-order valence-corrected chi connectivity index (χ3v) is 5.47. The van der Waals surface area contributed by atoms with Gasteiger partial charge in [-0.15, -0.1) is 11.3 Å². The molecule has 0 fully saturated rings. The molecule has 3 rings (SSSR count). The number of carbonyl (C=O) groups excluding carboxylic acids is 2. The topological polar surface area (TPSA) is 101 Å². The summed E-state index contributed by atoms with van der Waals surface area (Å²) in [5.41, 5.74) is 13.9. The van der Waals surface area contributed by atoms with Crippen molar-refractivity contribution in [2.75, 3.05) is 12.4 Å². The van der Waals surface area contributed by atoms with Gasteiger partial charge in [-0.05, 0) is 41.9 Å². The van der Waals surface area contributed by atoms with E-state index in [4.69, 9.17) is 11.5 Å². The first-order valence-corrected chi connectivity index (χ1v) is 9.66. The van der Waals surface area contributed by atoms with Gasteiger partial charge >= 0.3 is 6.03 Å². The molecule has 0 aliphatic carbocycles. The van der Waals surface area contributed by atoms with Crippen LogP contribution in [-0.4, -0.2) is 23.9 Å².